The maximum Gasteiger partial charge on any atom is 0.286 e. The molecule has 0 aliphatic carbocycles. The van der Waals surface area contributed by atoms with E-state index in [-0.39, 0.29) is 0 Å². The van der Waals surface area contributed by atoms with Crippen molar-refractivity contribution in [1.82, 2.24) is 4.73 Å². The molecule has 0 radical (unpaired) electrons. The first-order valence-corrected chi connectivity index (χ1v) is 3.11. The molecule has 1 N–H and O–H groups in total. The monoisotopic (exact) mass is 155 g/mol. The summed E-state index contributed by atoms with van der Waals surface area (Å²) in [4.78, 5) is 10.8. The summed E-state index contributed by atoms with van der Waals surface area (Å²) in [6.45, 7) is 1.74. The van der Waals surface area contributed by atoms with E-state index < -0.39 is 5.56 Å². The summed E-state index contributed by atoms with van der Waals surface area (Å²) < 4.78 is 5.38. The Labute approximate surface area is 63.6 Å². The van der Waals surface area contributed by atoms with Gasteiger partial charge in [-0.15, -0.1) is 0 Å². The third-order valence-corrected chi connectivity index (χ3v) is 1.40. The van der Waals surface area contributed by atoms with Crippen LogP contribution in [-0.4, -0.2) is 17.0 Å². The second kappa shape index (κ2) is 2.65. The molecule has 1 aromatic heterocycles. The number of aryl methyl sites for hydroxylation is 1. The van der Waals surface area contributed by atoms with E-state index in [0.29, 0.717) is 10.5 Å². The van der Waals surface area contributed by atoms with Gasteiger partial charge in [0.1, 0.15) is 5.75 Å². The van der Waals surface area contributed by atoms with Crippen LogP contribution in [0, 0.1) is 6.92 Å². The molecule has 0 aromatic carbocycles. The summed E-state index contributed by atoms with van der Waals surface area (Å²) in [6, 6.07) is 1.23. The van der Waals surface area contributed by atoms with Crippen LogP contribution in [0.3, 0.4) is 0 Å². The SMILES string of the molecule is COc1cc(=O)n(O)cc1C. The molecule has 1 heterocycles. The first-order chi connectivity index (χ1) is 5.15. The largest absolute Gasteiger partial charge is 0.496 e. The number of hydrogen-bond acceptors (Lipinski definition) is 3. The lowest BCUT2D eigenvalue weighted by Gasteiger charge is -2.03. The first-order valence-electron chi connectivity index (χ1n) is 3.11. The lowest BCUT2D eigenvalue weighted by atomic mass is 10.3. The lowest BCUT2D eigenvalue weighted by molar-refractivity contribution is 0.173. The molecule has 0 atom stereocenters. The van der Waals surface area contributed by atoms with Crippen LogP contribution >= 0.6 is 0 Å². The molecular weight excluding hydrogens is 146 g/mol. The molecule has 4 heteroatoms. The van der Waals surface area contributed by atoms with E-state index in [2.05, 4.69) is 0 Å². The minimum atomic E-state index is -0.493. The van der Waals surface area contributed by atoms with Gasteiger partial charge in [-0.05, 0) is 6.92 Å². The summed E-state index contributed by atoms with van der Waals surface area (Å²) in [5, 5.41) is 8.87. The number of methoxy groups -OCH3 is 1. The van der Waals surface area contributed by atoms with Crippen molar-refractivity contribution in [2.75, 3.05) is 7.11 Å². The quantitative estimate of drug-likeness (QED) is 0.597. The van der Waals surface area contributed by atoms with Crippen LogP contribution < -0.4 is 10.3 Å². The van der Waals surface area contributed by atoms with Crippen molar-refractivity contribution in [1.29, 1.82) is 0 Å². The zero-order valence-electron chi connectivity index (χ0n) is 6.37. The molecule has 60 valence electrons. The van der Waals surface area contributed by atoms with Gasteiger partial charge >= 0.3 is 0 Å². The predicted molar refractivity (Wildman–Crippen MR) is 39.2 cm³/mol. The summed E-state index contributed by atoms with van der Waals surface area (Å²) in [5.74, 6) is 0.486. The highest BCUT2D eigenvalue weighted by molar-refractivity contribution is 5.28. The summed E-state index contributed by atoms with van der Waals surface area (Å²) in [5.41, 5.74) is 0.224. The fourth-order valence-electron chi connectivity index (χ4n) is 0.823. The maximum absolute atomic E-state index is 10.8. The topological polar surface area (TPSA) is 51.5 Å². The van der Waals surface area contributed by atoms with Gasteiger partial charge in [0.25, 0.3) is 5.56 Å². The minimum Gasteiger partial charge on any atom is -0.496 e. The van der Waals surface area contributed by atoms with E-state index in [0.717, 1.165) is 5.56 Å². The molecule has 1 aromatic rings. The molecule has 1 rings (SSSR count). The van der Waals surface area contributed by atoms with Crippen molar-refractivity contribution in [3.63, 3.8) is 0 Å². The van der Waals surface area contributed by atoms with Crippen LogP contribution in [0.25, 0.3) is 0 Å². The molecule has 0 unspecified atom stereocenters. The zero-order chi connectivity index (χ0) is 8.43. The third kappa shape index (κ3) is 1.34. The van der Waals surface area contributed by atoms with Crippen LogP contribution in [0.5, 0.6) is 5.75 Å². The Morgan fingerprint density at radius 2 is 2.27 bits per heavy atom. The predicted octanol–water partition coefficient (Wildman–Crippen LogP) is 0.403. The summed E-state index contributed by atoms with van der Waals surface area (Å²) in [7, 11) is 1.48. The Morgan fingerprint density at radius 1 is 1.64 bits per heavy atom. The molecule has 0 aliphatic heterocycles. The van der Waals surface area contributed by atoms with Crippen LogP contribution in [-0.2, 0) is 0 Å². The highest BCUT2D eigenvalue weighted by Crippen LogP contribution is 2.11. The fraction of sp³-hybridized carbons (Fsp3) is 0.286. The average Bonchev–Trinajstić information content (AvgIpc) is 1.97. The van der Waals surface area contributed by atoms with Crippen LogP contribution in [0.1, 0.15) is 5.56 Å². The van der Waals surface area contributed by atoms with E-state index in [4.69, 9.17) is 9.94 Å². The highest BCUT2D eigenvalue weighted by Gasteiger charge is 2.00. The molecule has 4 nitrogen and oxygen atoms in total. The second-order valence-electron chi connectivity index (χ2n) is 2.21. The number of pyridine rings is 1. The van der Waals surface area contributed by atoms with Crippen molar-refractivity contribution in [2.45, 2.75) is 6.92 Å². The van der Waals surface area contributed by atoms with Gasteiger partial charge in [0.2, 0.25) is 0 Å². The van der Waals surface area contributed by atoms with Gasteiger partial charge in [-0.2, -0.15) is 4.73 Å². The summed E-state index contributed by atoms with van der Waals surface area (Å²) in [6.07, 6.45) is 1.31. The molecule has 0 saturated heterocycles. The number of ether oxygens (including phenoxy) is 1. The van der Waals surface area contributed by atoms with Gasteiger partial charge in [-0.3, -0.25) is 4.79 Å². The van der Waals surface area contributed by atoms with Crippen molar-refractivity contribution >= 4 is 0 Å². The second-order valence-corrected chi connectivity index (χ2v) is 2.21. The summed E-state index contributed by atoms with van der Waals surface area (Å²) >= 11 is 0. The van der Waals surface area contributed by atoms with E-state index >= 15 is 0 Å². The van der Waals surface area contributed by atoms with Gasteiger partial charge in [0.05, 0.1) is 13.3 Å². The first kappa shape index (κ1) is 7.65. The van der Waals surface area contributed by atoms with Crippen molar-refractivity contribution in [3.05, 3.63) is 28.2 Å². The number of rotatable bonds is 1. The van der Waals surface area contributed by atoms with Crippen LogP contribution in [0.15, 0.2) is 17.1 Å². The fourth-order valence-corrected chi connectivity index (χ4v) is 0.823. The Balaban J connectivity index is 3.32. The zero-order valence-corrected chi connectivity index (χ0v) is 6.37. The third-order valence-electron chi connectivity index (χ3n) is 1.40. The van der Waals surface area contributed by atoms with E-state index in [1.54, 1.807) is 6.92 Å². The molecule has 0 aliphatic rings. The van der Waals surface area contributed by atoms with Gasteiger partial charge in [-0.25, -0.2) is 0 Å². The van der Waals surface area contributed by atoms with E-state index in [1.807, 2.05) is 0 Å². The Bertz CT molecular complexity index is 316. The molecule has 0 bridgehead atoms. The minimum absolute atomic E-state index is 0.486. The Kier molecular flexibility index (Phi) is 1.85. The van der Waals surface area contributed by atoms with Crippen LogP contribution in [0.2, 0.25) is 0 Å². The Hall–Kier alpha value is -1.45. The maximum atomic E-state index is 10.8. The molecular formula is C7H9NO3. The number of hydrogen-bond donors (Lipinski definition) is 1. The van der Waals surface area contributed by atoms with E-state index in [1.165, 1.54) is 19.4 Å². The lowest BCUT2D eigenvalue weighted by Crippen LogP contribution is -2.16. The van der Waals surface area contributed by atoms with Crippen molar-refractivity contribution in [2.24, 2.45) is 0 Å². The van der Waals surface area contributed by atoms with Crippen LogP contribution in [0.4, 0.5) is 0 Å². The van der Waals surface area contributed by atoms with Crippen molar-refractivity contribution in [3.8, 4) is 5.75 Å². The standard InChI is InChI=1S/C7H9NO3/c1-5-4-8(10)7(9)3-6(5)11-2/h3-4,10H,1-2H3. The highest BCUT2D eigenvalue weighted by atomic mass is 16.5. The van der Waals surface area contributed by atoms with Gasteiger partial charge in [0, 0.05) is 11.6 Å². The normalized spacial score (nSPS) is 9.64. The number of nitrogens with zero attached hydrogens (tertiary/aromatic N) is 1. The Morgan fingerprint density at radius 3 is 2.82 bits per heavy atom. The molecule has 0 spiro atoms. The molecule has 0 amide bonds. The molecule has 0 saturated carbocycles. The molecule has 0 fully saturated rings. The van der Waals surface area contributed by atoms with Crippen molar-refractivity contribution < 1.29 is 9.94 Å². The smallest absolute Gasteiger partial charge is 0.286 e. The van der Waals surface area contributed by atoms with Gasteiger partial charge < -0.3 is 9.94 Å². The number of aromatic nitrogens is 1. The molecule has 11 heavy (non-hydrogen) atoms. The van der Waals surface area contributed by atoms with Gasteiger partial charge in [0.15, 0.2) is 0 Å². The average molecular weight is 155 g/mol. The van der Waals surface area contributed by atoms with Gasteiger partial charge in [-0.1, -0.05) is 0 Å². The van der Waals surface area contributed by atoms with E-state index in [9.17, 15) is 4.79 Å².